The molecule has 0 aliphatic carbocycles. The van der Waals surface area contributed by atoms with Gasteiger partial charge in [-0.3, -0.25) is 0 Å². The predicted octanol–water partition coefficient (Wildman–Crippen LogP) is 2.60. The average molecular weight is 266 g/mol. The van der Waals surface area contributed by atoms with E-state index in [2.05, 4.69) is 34.4 Å². The van der Waals surface area contributed by atoms with Crippen LogP contribution in [-0.2, 0) is 0 Å². The van der Waals surface area contributed by atoms with Gasteiger partial charge in [-0.05, 0) is 27.2 Å². The van der Waals surface area contributed by atoms with Crippen LogP contribution in [0.2, 0.25) is 0 Å². The van der Waals surface area contributed by atoms with Crippen LogP contribution in [0.1, 0.15) is 52.8 Å². The molecule has 0 aliphatic heterocycles. The molecule has 1 aromatic rings. The monoisotopic (exact) mass is 266 g/mol. The van der Waals surface area contributed by atoms with Crippen molar-refractivity contribution in [2.45, 2.75) is 59.1 Å². The van der Waals surface area contributed by atoms with E-state index in [9.17, 15) is 5.11 Å². The number of hydrogen-bond acceptors (Lipinski definition) is 5. The normalized spacial score (nSPS) is 14.3. The smallest absolute Gasteiger partial charge is 0.135 e. The maximum absolute atomic E-state index is 9.40. The molecule has 2 atom stereocenters. The number of rotatable bonds is 7. The third-order valence-corrected chi connectivity index (χ3v) is 2.71. The number of nitrogens with one attached hydrogen (secondary N) is 2. The predicted molar refractivity (Wildman–Crippen MR) is 79.7 cm³/mol. The summed E-state index contributed by atoms with van der Waals surface area (Å²) < 4.78 is 0. The summed E-state index contributed by atoms with van der Waals surface area (Å²) >= 11 is 0. The second-order valence-electron chi connectivity index (χ2n) is 5.31. The molecule has 5 heteroatoms. The minimum Gasteiger partial charge on any atom is -0.393 e. The van der Waals surface area contributed by atoms with Gasteiger partial charge in [0.25, 0.3) is 0 Å². The Morgan fingerprint density at radius 2 is 1.79 bits per heavy atom. The molecule has 2 unspecified atom stereocenters. The molecule has 1 rings (SSSR count). The maximum atomic E-state index is 9.40. The van der Waals surface area contributed by atoms with Crippen molar-refractivity contribution in [3.63, 3.8) is 0 Å². The summed E-state index contributed by atoms with van der Waals surface area (Å²) in [6.45, 7) is 10.9. The van der Waals surface area contributed by atoms with Gasteiger partial charge in [0, 0.05) is 24.6 Å². The van der Waals surface area contributed by atoms with Gasteiger partial charge >= 0.3 is 0 Å². The van der Waals surface area contributed by atoms with E-state index >= 15 is 0 Å². The molecule has 0 aliphatic rings. The van der Waals surface area contributed by atoms with E-state index in [-0.39, 0.29) is 18.1 Å². The Bertz CT molecular complexity index is 393. The SMILES string of the molecule is CCNc1cc(NC(C)CC(C)O)nc(C(C)C)n1. The Labute approximate surface area is 115 Å². The van der Waals surface area contributed by atoms with E-state index in [4.69, 9.17) is 0 Å². The van der Waals surface area contributed by atoms with E-state index in [1.807, 2.05) is 19.9 Å². The third-order valence-electron chi connectivity index (χ3n) is 2.71. The van der Waals surface area contributed by atoms with Gasteiger partial charge in [-0.25, -0.2) is 9.97 Å². The number of hydrogen-bond donors (Lipinski definition) is 3. The van der Waals surface area contributed by atoms with Crippen molar-refractivity contribution < 1.29 is 5.11 Å². The van der Waals surface area contributed by atoms with E-state index in [1.54, 1.807) is 6.92 Å². The molecule has 0 saturated carbocycles. The number of aliphatic hydroxyl groups excluding tert-OH is 1. The first-order valence-corrected chi connectivity index (χ1v) is 6.99. The Kier molecular flexibility index (Phi) is 6.02. The van der Waals surface area contributed by atoms with Gasteiger partial charge in [0.1, 0.15) is 17.5 Å². The molecule has 1 aromatic heterocycles. The van der Waals surface area contributed by atoms with Crippen molar-refractivity contribution in [1.82, 2.24) is 9.97 Å². The molecule has 0 saturated heterocycles. The lowest BCUT2D eigenvalue weighted by molar-refractivity contribution is 0.179. The zero-order valence-corrected chi connectivity index (χ0v) is 12.6. The standard InChI is InChI=1S/C14H26N4O/c1-6-15-12-8-13(16-10(4)7-11(5)19)18-14(17-12)9(2)3/h8-11,19H,6-7H2,1-5H3,(H2,15,16,17,18). The molecule has 19 heavy (non-hydrogen) atoms. The second kappa shape index (κ2) is 7.28. The van der Waals surface area contributed by atoms with Crippen molar-refractivity contribution in [2.75, 3.05) is 17.2 Å². The number of anilines is 2. The fourth-order valence-electron chi connectivity index (χ4n) is 1.89. The van der Waals surface area contributed by atoms with E-state index < -0.39 is 0 Å². The fraction of sp³-hybridized carbons (Fsp3) is 0.714. The van der Waals surface area contributed by atoms with Crippen LogP contribution in [0.25, 0.3) is 0 Å². The topological polar surface area (TPSA) is 70.1 Å². The molecule has 0 amide bonds. The lowest BCUT2D eigenvalue weighted by Crippen LogP contribution is -2.22. The highest BCUT2D eigenvalue weighted by molar-refractivity contribution is 5.48. The highest BCUT2D eigenvalue weighted by Crippen LogP contribution is 2.18. The number of nitrogens with zero attached hydrogens (tertiary/aromatic N) is 2. The summed E-state index contributed by atoms with van der Waals surface area (Å²) in [5.41, 5.74) is 0. The molecular formula is C14H26N4O. The van der Waals surface area contributed by atoms with Crippen molar-refractivity contribution in [3.05, 3.63) is 11.9 Å². The van der Waals surface area contributed by atoms with Crippen LogP contribution in [-0.4, -0.2) is 33.8 Å². The minimum atomic E-state index is -0.317. The number of aromatic nitrogens is 2. The first-order chi connectivity index (χ1) is 8.92. The molecule has 0 fully saturated rings. The second-order valence-corrected chi connectivity index (χ2v) is 5.31. The van der Waals surface area contributed by atoms with Crippen LogP contribution in [0.4, 0.5) is 11.6 Å². The Hall–Kier alpha value is -1.36. The van der Waals surface area contributed by atoms with Gasteiger partial charge in [-0.2, -0.15) is 0 Å². The lowest BCUT2D eigenvalue weighted by Gasteiger charge is -2.18. The zero-order valence-electron chi connectivity index (χ0n) is 12.6. The molecule has 5 nitrogen and oxygen atoms in total. The Balaban J connectivity index is 2.86. The average Bonchev–Trinajstić information content (AvgIpc) is 2.27. The quantitative estimate of drug-likeness (QED) is 0.707. The largest absolute Gasteiger partial charge is 0.393 e. The van der Waals surface area contributed by atoms with Crippen molar-refractivity contribution in [1.29, 1.82) is 0 Å². The number of aliphatic hydroxyl groups is 1. The minimum absolute atomic E-state index is 0.171. The summed E-state index contributed by atoms with van der Waals surface area (Å²) in [4.78, 5) is 9.00. The molecular weight excluding hydrogens is 240 g/mol. The molecule has 0 radical (unpaired) electrons. The van der Waals surface area contributed by atoms with Gasteiger partial charge < -0.3 is 15.7 Å². The first-order valence-electron chi connectivity index (χ1n) is 6.99. The van der Waals surface area contributed by atoms with Crippen LogP contribution >= 0.6 is 0 Å². The maximum Gasteiger partial charge on any atom is 0.135 e. The molecule has 3 N–H and O–H groups in total. The highest BCUT2D eigenvalue weighted by Gasteiger charge is 2.11. The summed E-state index contributed by atoms with van der Waals surface area (Å²) in [5, 5.41) is 15.9. The molecule has 0 aromatic carbocycles. The summed E-state index contributed by atoms with van der Waals surface area (Å²) in [5.74, 6) is 2.76. The van der Waals surface area contributed by atoms with Crippen LogP contribution < -0.4 is 10.6 Å². The van der Waals surface area contributed by atoms with Crippen LogP contribution in [0.3, 0.4) is 0 Å². The highest BCUT2D eigenvalue weighted by atomic mass is 16.3. The van der Waals surface area contributed by atoms with Gasteiger partial charge in [0.05, 0.1) is 6.10 Å². The molecule has 108 valence electrons. The van der Waals surface area contributed by atoms with Gasteiger partial charge in [0.15, 0.2) is 0 Å². The molecule has 0 bridgehead atoms. The Morgan fingerprint density at radius 1 is 1.16 bits per heavy atom. The van der Waals surface area contributed by atoms with Crippen LogP contribution in [0.5, 0.6) is 0 Å². The summed E-state index contributed by atoms with van der Waals surface area (Å²) in [6.07, 6.45) is 0.375. The Morgan fingerprint density at radius 3 is 2.32 bits per heavy atom. The van der Waals surface area contributed by atoms with Crippen molar-refractivity contribution >= 4 is 11.6 Å². The van der Waals surface area contributed by atoms with Crippen LogP contribution in [0.15, 0.2) is 6.07 Å². The van der Waals surface area contributed by atoms with E-state index in [1.165, 1.54) is 0 Å². The van der Waals surface area contributed by atoms with E-state index in [0.29, 0.717) is 6.42 Å². The molecule has 0 spiro atoms. The van der Waals surface area contributed by atoms with Crippen molar-refractivity contribution in [3.8, 4) is 0 Å². The zero-order chi connectivity index (χ0) is 14.4. The van der Waals surface area contributed by atoms with Gasteiger partial charge in [-0.1, -0.05) is 13.8 Å². The summed E-state index contributed by atoms with van der Waals surface area (Å²) in [6, 6.07) is 2.08. The lowest BCUT2D eigenvalue weighted by atomic mass is 10.1. The fourth-order valence-corrected chi connectivity index (χ4v) is 1.89. The van der Waals surface area contributed by atoms with Crippen molar-refractivity contribution in [2.24, 2.45) is 0 Å². The van der Waals surface area contributed by atoms with Gasteiger partial charge in [-0.15, -0.1) is 0 Å². The summed E-state index contributed by atoms with van der Waals surface area (Å²) in [7, 11) is 0. The first kappa shape index (κ1) is 15.7. The van der Waals surface area contributed by atoms with E-state index in [0.717, 1.165) is 24.0 Å². The molecule has 1 heterocycles. The van der Waals surface area contributed by atoms with Gasteiger partial charge in [0.2, 0.25) is 0 Å². The third kappa shape index (κ3) is 5.42. The van der Waals surface area contributed by atoms with Crippen LogP contribution in [0, 0.1) is 0 Å².